The fraction of sp³-hybridized carbons (Fsp3) is 0.552. The molecule has 5 rings (SSSR count). The summed E-state index contributed by atoms with van der Waals surface area (Å²) in [5.41, 5.74) is -2.80. The largest absolute Gasteiger partial charge is 0.510 e. The molecule has 1 aromatic rings. The number of rotatable bonds is 6. The van der Waals surface area contributed by atoms with Crippen LogP contribution in [0.25, 0.3) is 0 Å². The first kappa shape index (κ1) is 28.4. The molecule has 0 bridgehead atoms. The van der Waals surface area contributed by atoms with E-state index in [1.54, 1.807) is 32.1 Å². The highest BCUT2D eigenvalue weighted by atomic mass is 16.3. The number of hydrogen-bond donors (Lipinski definition) is 6. The molecular formula is C29H38N4O7. The minimum Gasteiger partial charge on any atom is -0.510 e. The Balaban J connectivity index is 1.80. The molecule has 0 spiro atoms. The number of likely N-dealkylation sites (N-methyl/N-ethyl adjacent to an activating group) is 1. The summed E-state index contributed by atoms with van der Waals surface area (Å²) in [5.74, 6) is -5.04. The van der Waals surface area contributed by atoms with E-state index in [9.17, 15) is 34.8 Å². The molecule has 11 heteroatoms. The first-order chi connectivity index (χ1) is 18.9. The third-order valence-corrected chi connectivity index (χ3v) is 9.13. The maximum atomic E-state index is 14.3. The molecule has 0 radical (unpaired) electrons. The van der Waals surface area contributed by atoms with Crippen LogP contribution < -0.4 is 10.6 Å². The number of nitrogens with zero attached hydrogens (tertiary/aromatic N) is 2. The van der Waals surface area contributed by atoms with Gasteiger partial charge in [0.2, 0.25) is 5.78 Å². The van der Waals surface area contributed by atoms with Crippen LogP contribution in [-0.4, -0.2) is 113 Å². The van der Waals surface area contributed by atoms with Gasteiger partial charge in [0.05, 0.1) is 11.6 Å². The molecule has 1 fully saturated rings. The number of hydrogen-bond acceptors (Lipinski definition) is 11. The van der Waals surface area contributed by atoms with Crippen molar-refractivity contribution < 1.29 is 34.8 Å². The van der Waals surface area contributed by atoms with Crippen molar-refractivity contribution in [2.24, 2.45) is 11.3 Å². The van der Waals surface area contributed by atoms with Gasteiger partial charge in [0.15, 0.2) is 17.2 Å². The molecular weight excluding hydrogens is 516 g/mol. The minimum atomic E-state index is -2.60. The Labute approximate surface area is 233 Å². The van der Waals surface area contributed by atoms with Gasteiger partial charge in [-0.2, -0.15) is 0 Å². The monoisotopic (exact) mass is 554 g/mol. The van der Waals surface area contributed by atoms with E-state index in [0.717, 1.165) is 25.6 Å². The summed E-state index contributed by atoms with van der Waals surface area (Å²) in [4.78, 5) is 44.4. The lowest BCUT2D eigenvalue weighted by Crippen LogP contribution is -2.66. The molecule has 1 aliphatic heterocycles. The summed E-state index contributed by atoms with van der Waals surface area (Å²) >= 11 is 0. The fourth-order valence-electron chi connectivity index (χ4n) is 7.45. The number of fused-ring (bicyclic) bond motifs is 3. The highest BCUT2D eigenvalue weighted by Crippen LogP contribution is 2.58. The van der Waals surface area contributed by atoms with Crippen LogP contribution in [0.1, 0.15) is 34.8 Å². The number of carbonyl (C=O) groups excluding carboxylic acids is 3. The van der Waals surface area contributed by atoms with Crippen molar-refractivity contribution in [2.45, 2.75) is 38.0 Å². The van der Waals surface area contributed by atoms with Crippen molar-refractivity contribution in [1.29, 1.82) is 0 Å². The quantitative estimate of drug-likeness (QED) is 0.267. The molecule has 1 aromatic carbocycles. The molecule has 4 atom stereocenters. The number of ketones is 3. The van der Waals surface area contributed by atoms with E-state index in [1.807, 2.05) is 0 Å². The molecule has 0 amide bonds. The highest BCUT2D eigenvalue weighted by Gasteiger charge is 2.66. The van der Waals surface area contributed by atoms with Crippen molar-refractivity contribution in [2.75, 3.05) is 53.9 Å². The first-order valence-corrected chi connectivity index (χ1v) is 13.7. The number of aliphatic hydroxyl groups excluding tert-OH is 2. The second-order valence-corrected chi connectivity index (χ2v) is 11.8. The Morgan fingerprint density at radius 2 is 1.85 bits per heavy atom. The number of benzene rings is 1. The average Bonchev–Trinajstić information content (AvgIpc) is 2.88. The Morgan fingerprint density at radius 3 is 2.45 bits per heavy atom. The number of Topliss-reactive ketones (excluding diaryl/α,β-unsaturated/α-hetero) is 3. The zero-order chi connectivity index (χ0) is 29.1. The van der Waals surface area contributed by atoms with Gasteiger partial charge >= 0.3 is 0 Å². The molecule has 0 saturated carbocycles. The fourth-order valence-corrected chi connectivity index (χ4v) is 7.45. The lowest BCUT2D eigenvalue weighted by atomic mass is 9.52. The molecule has 216 valence electrons. The highest BCUT2D eigenvalue weighted by molar-refractivity contribution is 6.25. The van der Waals surface area contributed by atoms with Crippen LogP contribution in [0.5, 0.6) is 5.75 Å². The summed E-state index contributed by atoms with van der Waals surface area (Å²) in [6.07, 6.45) is 0.351. The molecule has 0 unspecified atom stereocenters. The average molecular weight is 555 g/mol. The standard InChI is InChI=1S/C29H38N4O7/c1-15(34)20-25(37)23(32(3)4)18-12-28(14-33-9-7-31-8-10-33)11-17-16(13-30-2)5-6-19(35)21(17)24(36)22(28)27(39)29(18,40)26(20)38/h5-6,18,23,30-31,35,37,39-40H,7-14H2,1-4H3/t18-,23-,28-,29+/m0/s1. The zero-order valence-corrected chi connectivity index (χ0v) is 23.4. The Bertz CT molecular complexity index is 1350. The van der Waals surface area contributed by atoms with Crippen LogP contribution in [-0.2, 0) is 22.6 Å². The number of aliphatic hydroxyl groups is 3. The molecule has 3 aliphatic carbocycles. The van der Waals surface area contributed by atoms with Gasteiger partial charge in [-0.05, 0) is 58.1 Å². The van der Waals surface area contributed by atoms with E-state index in [-0.39, 0.29) is 29.7 Å². The van der Waals surface area contributed by atoms with Crippen molar-refractivity contribution in [1.82, 2.24) is 20.4 Å². The molecule has 40 heavy (non-hydrogen) atoms. The number of carbonyl (C=O) groups is 3. The SMILES string of the molecule is CNCc1ccc(O)c2c1C[C@@]1(CN3CCNCC3)C[C@H]3[C@H](N(C)C)C(O)=C(C(C)=O)C(=O)[C@@]3(O)C(O)=C1C2=O. The Kier molecular flexibility index (Phi) is 7.16. The Morgan fingerprint density at radius 1 is 1.18 bits per heavy atom. The second kappa shape index (κ2) is 10.1. The minimum absolute atomic E-state index is 0.0462. The van der Waals surface area contributed by atoms with E-state index in [4.69, 9.17) is 0 Å². The summed E-state index contributed by atoms with van der Waals surface area (Å²) < 4.78 is 0. The summed E-state index contributed by atoms with van der Waals surface area (Å²) in [5, 5.41) is 52.4. The van der Waals surface area contributed by atoms with Crippen molar-refractivity contribution in [3.8, 4) is 5.75 Å². The number of phenols is 1. The van der Waals surface area contributed by atoms with Gasteiger partial charge < -0.3 is 31.1 Å². The topological polar surface area (TPSA) is 163 Å². The second-order valence-electron chi connectivity index (χ2n) is 11.8. The third-order valence-electron chi connectivity index (χ3n) is 9.13. The first-order valence-electron chi connectivity index (χ1n) is 13.7. The van der Waals surface area contributed by atoms with Crippen LogP contribution in [0.2, 0.25) is 0 Å². The smallest absolute Gasteiger partial charge is 0.209 e. The molecule has 0 aromatic heterocycles. The van der Waals surface area contributed by atoms with Gasteiger partial charge in [-0.15, -0.1) is 0 Å². The van der Waals surface area contributed by atoms with Gasteiger partial charge in [0.25, 0.3) is 0 Å². The number of phenolic OH excluding ortho intramolecular Hbond substituents is 1. The Hall–Kier alpha value is -3.09. The van der Waals surface area contributed by atoms with E-state index in [2.05, 4.69) is 15.5 Å². The van der Waals surface area contributed by atoms with Gasteiger partial charge in [0, 0.05) is 56.2 Å². The van der Waals surface area contributed by atoms with Gasteiger partial charge in [0.1, 0.15) is 22.8 Å². The molecule has 6 N–H and O–H groups in total. The lowest BCUT2D eigenvalue weighted by molar-refractivity contribution is -0.150. The molecule has 1 heterocycles. The number of piperazine rings is 1. The predicted molar refractivity (Wildman–Crippen MR) is 146 cm³/mol. The van der Waals surface area contributed by atoms with Crippen LogP contribution in [0.3, 0.4) is 0 Å². The zero-order valence-electron chi connectivity index (χ0n) is 23.4. The van der Waals surface area contributed by atoms with Gasteiger partial charge in [-0.25, -0.2) is 0 Å². The number of nitrogens with one attached hydrogen (secondary N) is 2. The third kappa shape index (κ3) is 4.02. The van der Waals surface area contributed by atoms with Crippen LogP contribution in [0, 0.1) is 11.3 Å². The maximum absolute atomic E-state index is 14.3. The van der Waals surface area contributed by atoms with Crippen molar-refractivity contribution >= 4 is 17.3 Å². The normalized spacial score (nSPS) is 30.9. The lowest BCUT2D eigenvalue weighted by Gasteiger charge is -2.55. The van der Waals surface area contributed by atoms with Crippen molar-refractivity contribution in [3.63, 3.8) is 0 Å². The van der Waals surface area contributed by atoms with E-state index in [0.29, 0.717) is 31.7 Å². The molecule has 4 aliphatic rings. The maximum Gasteiger partial charge on any atom is 0.209 e. The van der Waals surface area contributed by atoms with Gasteiger partial charge in [-0.3, -0.25) is 24.2 Å². The van der Waals surface area contributed by atoms with Gasteiger partial charge in [-0.1, -0.05) is 6.07 Å². The number of aromatic hydroxyl groups is 1. The summed E-state index contributed by atoms with van der Waals surface area (Å²) in [6.45, 7) is 4.81. The van der Waals surface area contributed by atoms with E-state index >= 15 is 0 Å². The molecule has 11 nitrogen and oxygen atoms in total. The molecule has 1 saturated heterocycles. The summed E-state index contributed by atoms with van der Waals surface area (Å²) in [7, 11) is 5.12. The van der Waals surface area contributed by atoms with Crippen LogP contribution >= 0.6 is 0 Å². The van der Waals surface area contributed by atoms with E-state index in [1.165, 1.54) is 6.07 Å². The van der Waals surface area contributed by atoms with Crippen LogP contribution in [0.15, 0.2) is 34.8 Å². The van der Waals surface area contributed by atoms with E-state index < -0.39 is 57.4 Å². The van der Waals surface area contributed by atoms with Crippen LogP contribution in [0.4, 0.5) is 0 Å². The summed E-state index contributed by atoms with van der Waals surface area (Å²) in [6, 6.07) is 2.24. The predicted octanol–water partition coefficient (Wildman–Crippen LogP) is 0.219. The van der Waals surface area contributed by atoms with Crippen molar-refractivity contribution in [3.05, 3.63) is 51.5 Å².